The van der Waals surface area contributed by atoms with Crippen molar-refractivity contribution in [3.8, 4) is 16.9 Å². The predicted octanol–water partition coefficient (Wildman–Crippen LogP) is 2.46. The lowest BCUT2D eigenvalue weighted by molar-refractivity contribution is -0.730. The zero-order chi connectivity index (χ0) is 16.3. The molecule has 2 aromatic rings. The van der Waals surface area contributed by atoms with Crippen LogP contribution >= 0.6 is 0 Å². The average molecular weight is 302 g/mol. The van der Waals surface area contributed by atoms with Gasteiger partial charge in [-0.2, -0.15) is 0 Å². The number of rotatable bonds is 4. The third-order valence-electron chi connectivity index (χ3n) is 3.09. The van der Waals surface area contributed by atoms with Crippen molar-refractivity contribution in [1.29, 1.82) is 0 Å². The maximum absolute atomic E-state index is 11.4. The fourth-order valence-corrected chi connectivity index (χ4v) is 1.96. The zero-order valence-corrected chi connectivity index (χ0v) is 11.5. The van der Waals surface area contributed by atoms with Gasteiger partial charge in [0.05, 0.1) is 23.1 Å². The van der Waals surface area contributed by atoms with Crippen LogP contribution in [0.25, 0.3) is 11.1 Å². The summed E-state index contributed by atoms with van der Waals surface area (Å²) in [4.78, 5) is 32.8. The molecule has 22 heavy (non-hydrogen) atoms. The van der Waals surface area contributed by atoms with Gasteiger partial charge in [-0.05, 0) is 29.3 Å². The molecule has 0 aliphatic heterocycles. The second-order valence-electron chi connectivity index (χ2n) is 4.39. The van der Waals surface area contributed by atoms with Crippen LogP contribution in [0.1, 0.15) is 20.7 Å². The molecule has 0 fully saturated rings. The Morgan fingerprint density at radius 3 is 2.32 bits per heavy atom. The van der Waals surface area contributed by atoms with Gasteiger partial charge in [0, 0.05) is 6.07 Å². The van der Waals surface area contributed by atoms with Crippen molar-refractivity contribution in [2.45, 2.75) is 0 Å². The number of carbonyl (C=O) groups excluding carboxylic acids is 2. The minimum atomic E-state index is -0.609. The van der Waals surface area contributed by atoms with Crippen LogP contribution in [0.4, 0.5) is 5.69 Å². The van der Waals surface area contributed by atoms with Crippen molar-refractivity contribution < 1.29 is 29.6 Å². The number of hydrogen-bond acceptors (Lipinski definition) is 5. The van der Waals surface area contributed by atoms with Crippen LogP contribution < -0.4 is 0 Å². The van der Waals surface area contributed by atoms with E-state index in [1.54, 1.807) is 12.1 Å². The third-order valence-corrected chi connectivity index (χ3v) is 3.09. The number of esters is 1. The van der Waals surface area contributed by atoms with E-state index in [-0.39, 0.29) is 5.56 Å². The first-order valence-electron chi connectivity index (χ1n) is 6.15. The number of aldehydes is 1. The molecule has 0 saturated heterocycles. The lowest BCUT2D eigenvalue weighted by Crippen LogP contribution is -2.00. The van der Waals surface area contributed by atoms with Crippen LogP contribution in [0, 0.1) is 4.91 Å². The number of benzene rings is 2. The third kappa shape index (κ3) is 2.78. The summed E-state index contributed by atoms with van der Waals surface area (Å²) in [5.41, 5.74) is 0.754. The fraction of sp³-hybridized carbons (Fsp3) is 0.0667. The Labute approximate surface area is 124 Å². The Hall–Kier alpha value is -3.22. The number of hydrogen-bond donors (Lipinski definition) is 2. The van der Waals surface area contributed by atoms with E-state index in [1.807, 2.05) is 0 Å². The van der Waals surface area contributed by atoms with Crippen molar-refractivity contribution in [2.75, 3.05) is 7.11 Å². The van der Waals surface area contributed by atoms with Gasteiger partial charge >= 0.3 is 11.7 Å². The maximum Gasteiger partial charge on any atom is 0.359 e. The summed E-state index contributed by atoms with van der Waals surface area (Å²) in [5.74, 6) is -1.10. The van der Waals surface area contributed by atoms with Gasteiger partial charge in [-0.25, -0.2) is 10.0 Å². The average Bonchev–Trinajstić information content (AvgIpc) is 2.54. The summed E-state index contributed by atoms with van der Waals surface area (Å²) in [7, 11) is 1.27. The highest BCUT2D eigenvalue weighted by molar-refractivity contribution is 5.90. The quantitative estimate of drug-likeness (QED) is 0.511. The lowest BCUT2D eigenvalue weighted by Gasteiger charge is -2.05. The van der Waals surface area contributed by atoms with Crippen molar-refractivity contribution in [3.63, 3.8) is 0 Å². The van der Waals surface area contributed by atoms with Gasteiger partial charge in [0.25, 0.3) is 4.92 Å². The van der Waals surface area contributed by atoms with E-state index in [2.05, 4.69) is 4.74 Å². The molecule has 7 heteroatoms. The first kappa shape index (κ1) is 15.2. The van der Waals surface area contributed by atoms with Gasteiger partial charge in [-0.3, -0.25) is 4.79 Å². The number of aromatic hydroxyl groups is 1. The summed E-state index contributed by atoms with van der Waals surface area (Å²) in [6.45, 7) is 0. The van der Waals surface area contributed by atoms with E-state index in [0.29, 0.717) is 23.0 Å². The number of nitrogens with zero attached hydrogens (tertiary/aromatic N) is 1. The molecule has 0 unspecified atom stereocenters. The number of carbonyl (C=O) groups is 2. The first-order valence-corrected chi connectivity index (χ1v) is 6.15. The number of ether oxygens (including phenoxy) is 1. The second-order valence-corrected chi connectivity index (χ2v) is 4.39. The van der Waals surface area contributed by atoms with E-state index in [4.69, 9.17) is 5.21 Å². The van der Waals surface area contributed by atoms with Gasteiger partial charge in [0.1, 0.15) is 0 Å². The zero-order valence-electron chi connectivity index (χ0n) is 11.5. The van der Waals surface area contributed by atoms with Crippen LogP contribution in [-0.2, 0) is 4.74 Å². The lowest BCUT2D eigenvalue weighted by atomic mass is 10.0. The summed E-state index contributed by atoms with van der Waals surface area (Å²) in [6, 6.07) is 8.79. The van der Waals surface area contributed by atoms with E-state index < -0.39 is 22.3 Å². The van der Waals surface area contributed by atoms with E-state index in [9.17, 15) is 19.6 Å². The van der Waals surface area contributed by atoms with Crippen LogP contribution in [-0.4, -0.2) is 34.6 Å². The monoisotopic (exact) mass is 302 g/mol. The molecule has 0 saturated carbocycles. The second kappa shape index (κ2) is 6.04. The normalized spacial score (nSPS) is 10.0. The van der Waals surface area contributed by atoms with E-state index >= 15 is 0 Å². The summed E-state index contributed by atoms with van der Waals surface area (Å²) < 4.78 is 4.59. The molecule has 2 aromatic carbocycles. The molecular weight excluding hydrogens is 290 g/mol. The van der Waals surface area contributed by atoms with Gasteiger partial charge in [0.15, 0.2) is 6.29 Å². The molecule has 0 radical (unpaired) electrons. The Bertz CT molecular complexity index is 751. The molecule has 0 aliphatic rings. The molecule has 0 aliphatic carbocycles. The highest BCUT2D eigenvalue weighted by Crippen LogP contribution is 2.34. The van der Waals surface area contributed by atoms with Gasteiger partial charge < -0.3 is 9.84 Å². The SMILES string of the molecule is COC(=O)c1ccc(-c2cc(C=O)c(O)c([N+](=O)O)c2)cc1. The van der Waals surface area contributed by atoms with Crippen molar-refractivity contribution >= 4 is 17.9 Å². The summed E-state index contributed by atoms with van der Waals surface area (Å²) in [5, 5.41) is 18.7. The van der Waals surface area contributed by atoms with Crippen LogP contribution in [0.5, 0.6) is 5.75 Å². The molecule has 2 rings (SSSR count). The van der Waals surface area contributed by atoms with Crippen LogP contribution in [0.15, 0.2) is 36.4 Å². The number of phenols is 1. The topological polar surface area (TPSA) is 104 Å². The summed E-state index contributed by atoms with van der Waals surface area (Å²) in [6.07, 6.45) is 0.370. The van der Waals surface area contributed by atoms with E-state index in [0.717, 1.165) is 0 Å². The molecule has 0 bridgehead atoms. The molecular formula is C15H12NO6+. The van der Waals surface area contributed by atoms with Crippen molar-refractivity contribution in [1.82, 2.24) is 0 Å². The molecule has 0 aromatic heterocycles. The van der Waals surface area contributed by atoms with Crippen molar-refractivity contribution in [3.05, 3.63) is 52.4 Å². The molecule has 0 atom stereocenters. The first-order chi connectivity index (χ1) is 10.5. The van der Waals surface area contributed by atoms with Gasteiger partial charge in [0.2, 0.25) is 5.75 Å². The highest BCUT2D eigenvalue weighted by Gasteiger charge is 2.23. The highest BCUT2D eigenvalue weighted by atomic mass is 16.6. The number of phenolic OH excluding ortho intramolecular Hbond substituents is 1. The molecule has 0 amide bonds. The molecule has 2 N–H and O–H groups in total. The molecule has 0 heterocycles. The van der Waals surface area contributed by atoms with Crippen molar-refractivity contribution in [2.24, 2.45) is 0 Å². The minimum absolute atomic E-state index is 0.139. The largest absolute Gasteiger partial charge is 0.501 e. The molecule has 112 valence electrons. The minimum Gasteiger partial charge on any atom is -0.501 e. The smallest absolute Gasteiger partial charge is 0.359 e. The Balaban J connectivity index is 2.52. The Morgan fingerprint density at radius 2 is 1.82 bits per heavy atom. The predicted molar refractivity (Wildman–Crippen MR) is 75.3 cm³/mol. The van der Waals surface area contributed by atoms with Crippen LogP contribution in [0.3, 0.4) is 0 Å². The number of methoxy groups -OCH3 is 1. The molecule has 0 spiro atoms. The van der Waals surface area contributed by atoms with Gasteiger partial charge in [-0.15, -0.1) is 0 Å². The van der Waals surface area contributed by atoms with E-state index in [1.165, 1.54) is 31.4 Å². The fourth-order valence-electron chi connectivity index (χ4n) is 1.96. The summed E-state index contributed by atoms with van der Waals surface area (Å²) >= 11 is 0. The molecule has 7 nitrogen and oxygen atoms in total. The van der Waals surface area contributed by atoms with Gasteiger partial charge in [-0.1, -0.05) is 12.1 Å². The Kier molecular flexibility index (Phi) is 4.17. The Morgan fingerprint density at radius 1 is 1.18 bits per heavy atom. The maximum atomic E-state index is 11.4. The van der Waals surface area contributed by atoms with Crippen LogP contribution in [0.2, 0.25) is 0 Å². The standard InChI is InChI=1S/C15H11NO6/c1-22-15(19)10-4-2-9(3-5-10)11-6-12(8-17)14(18)13(7-11)16(20)21/h2-8H,1H3,(H-,17,18,19,20,21)/p+1.